The van der Waals surface area contributed by atoms with Crippen LogP contribution in [0.5, 0.6) is 0 Å². The monoisotopic (exact) mass is 617 g/mol. The van der Waals surface area contributed by atoms with Gasteiger partial charge >= 0.3 is 0 Å². The van der Waals surface area contributed by atoms with E-state index in [1.54, 1.807) is 0 Å². The fourth-order valence-corrected chi connectivity index (χ4v) is 3.85. The van der Waals surface area contributed by atoms with Gasteiger partial charge in [0.05, 0.1) is 0 Å². The Hall–Kier alpha value is -3.32. The van der Waals surface area contributed by atoms with E-state index >= 15 is 0 Å². The van der Waals surface area contributed by atoms with E-state index in [4.69, 9.17) is 0 Å². The Labute approximate surface area is 210 Å². The third-order valence-electron chi connectivity index (χ3n) is 5.52. The molecular weight excluding hydrogens is 593 g/mol. The summed E-state index contributed by atoms with van der Waals surface area (Å²) in [5.74, 6) is 1.90. The van der Waals surface area contributed by atoms with E-state index in [0.29, 0.717) is 0 Å². The van der Waals surface area contributed by atoms with E-state index in [9.17, 15) is 0 Å². The van der Waals surface area contributed by atoms with Crippen LogP contribution in [0.2, 0.25) is 0 Å². The summed E-state index contributed by atoms with van der Waals surface area (Å²) in [6.45, 7) is 8.30. The predicted octanol–water partition coefficient (Wildman–Crippen LogP) is 5.27. The first kappa shape index (κ1) is 22.9. The molecule has 0 aromatic carbocycles. The molecule has 0 bridgehead atoms. The maximum Gasteiger partial charge on any atom is 0.104 e. The molecule has 2 aromatic heterocycles. The molecule has 33 heavy (non-hydrogen) atoms. The van der Waals surface area contributed by atoms with Crippen LogP contribution in [0.25, 0.3) is 0 Å². The van der Waals surface area contributed by atoms with Crippen LogP contribution in [0.15, 0.2) is 120 Å². The third-order valence-corrected chi connectivity index (χ3v) is 5.52. The van der Waals surface area contributed by atoms with E-state index in [1.807, 2.05) is 98.8 Å². The quantitative estimate of drug-likeness (QED) is 0.338. The number of allylic oxidation sites excluding steroid dienone is 8. The number of hydrogen-bond donors (Lipinski definition) is 0. The number of pyridine rings is 2. The number of anilines is 2. The van der Waals surface area contributed by atoms with Gasteiger partial charge in [0.15, 0.2) is 0 Å². The van der Waals surface area contributed by atoms with Gasteiger partial charge in [0, 0.05) is 57.6 Å². The average molecular weight is 617 g/mol. The number of nitrogens with zero attached hydrogens (tertiary/aromatic N) is 6. The average Bonchev–Trinajstić information content (AvgIpc) is 3.38. The Morgan fingerprint density at radius 3 is 1.45 bits per heavy atom. The van der Waals surface area contributed by atoms with Crippen molar-refractivity contribution in [3.8, 4) is 0 Å². The minimum absolute atomic E-state index is 0. The molecule has 0 fully saturated rings. The standard InChI is InChI=1S/2C13H12N3.Au/c2*1-11-12-6-3-5-9-15(12)10-16(11)13-7-2-4-8-14-13;/h2*2-10H,1H3;/q2*-1;. The van der Waals surface area contributed by atoms with Crippen molar-refractivity contribution in [3.05, 3.63) is 134 Å². The fourth-order valence-electron chi connectivity index (χ4n) is 3.85. The van der Waals surface area contributed by atoms with Crippen molar-refractivity contribution >= 4 is 11.6 Å². The molecule has 0 amide bonds. The first-order chi connectivity index (χ1) is 15.7. The first-order valence-electron chi connectivity index (χ1n) is 10.5. The van der Waals surface area contributed by atoms with E-state index in [-0.39, 0.29) is 22.4 Å². The van der Waals surface area contributed by atoms with Crippen molar-refractivity contribution in [1.29, 1.82) is 0 Å². The van der Waals surface area contributed by atoms with Gasteiger partial charge in [-0.05, 0) is 74.8 Å². The van der Waals surface area contributed by atoms with Gasteiger partial charge in [0.2, 0.25) is 0 Å². The Kier molecular flexibility index (Phi) is 6.99. The third kappa shape index (κ3) is 4.59. The summed E-state index contributed by atoms with van der Waals surface area (Å²) in [4.78, 5) is 17.1. The van der Waals surface area contributed by atoms with E-state index in [0.717, 1.165) is 11.6 Å². The summed E-state index contributed by atoms with van der Waals surface area (Å²) >= 11 is 0. The second-order valence-corrected chi connectivity index (χ2v) is 7.50. The number of aromatic nitrogens is 2. The molecule has 0 unspecified atom stereocenters. The van der Waals surface area contributed by atoms with Crippen molar-refractivity contribution in [2.45, 2.75) is 13.8 Å². The van der Waals surface area contributed by atoms with Crippen LogP contribution >= 0.6 is 0 Å². The Morgan fingerprint density at radius 1 is 0.636 bits per heavy atom. The van der Waals surface area contributed by atoms with Crippen molar-refractivity contribution in [2.24, 2.45) is 0 Å². The molecule has 4 aliphatic rings. The van der Waals surface area contributed by atoms with Gasteiger partial charge in [-0.1, -0.05) is 24.3 Å². The minimum Gasteiger partial charge on any atom is -0.479 e. The Bertz CT molecular complexity index is 1070. The number of hydrogen-bond acceptors (Lipinski definition) is 6. The zero-order valence-corrected chi connectivity index (χ0v) is 20.5. The van der Waals surface area contributed by atoms with Crippen molar-refractivity contribution in [1.82, 2.24) is 19.8 Å². The summed E-state index contributed by atoms with van der Waals surface area (Å²) in [5, 5.41) is 0. The van der Waals surface area contributed by atoms with Crippen LogP contribution in [0.4, 0.5) is 11.6 Å². The van der Waals surface area contributed by atoms with Crippen molar-refractivity contribution in [3.63, 3.8) is 0 Å². The van der Waals surface area contributed by atoms with E-state index in [2.05, 4.69) is 55.6 Å². The summed E-state index contributed by atoms with van der Waals surface area (Å²) in [7, 11) is 0. The summed E-state index contributed by atoms with van der Waals surface area (Å²) in [5.41, 5.74) is 4.79. The van der Waals surface area contributed by atoms with Gasteiger partial charge in [0.25, 0.3) is 0 Å². The zero-order chi connectivity index (χ0) is 21.9. The smallest absolute Gasteiger partial charge is 0.104 e. The summed E-state index contributed by atoms with van der Waals surface area (Å²) in [6, 6.07) is 11.9. The van der Waals surface area contributed by atoms with Crippen molar-refractivity contribution < 1.29 is 22.4 Å². The SMILES string of the molecule is CC1=C2C=CC=CN2[CH-]N1c1ccccn1.CC1=C2C=CC=CN2[CH-]N1c1ccccn1.[Au]. The van der Waals surface area contributed by atoms with Crippen LogP contribution in [0.3, 0.4) is 0 Å². The van der Waals surface area contributed by atoms with Gasteiger partial charge in [-0.2, -0.15) is 0 Å². The second kappa shape index (κ2) is 10.1. The summed E-state index contributed by atoms with van der Waals surface area (Å²) < 4.78 is 0. The molecule has 0 saturated heterocycles. The largest absolute Gasteiger partial charge is 0.479 e. The van der Waals surface area contributed by atoms with Crippen molar-refractivity contribution in [2.75, 3.05) is 9.80 Å². The topological polar surface area (TPSA) is 38.7 Å². The van der Waals surface area contributed by atoms with Crippen LogP contribution < -0.4 is 9.80 Å². The normalized spacial score (nSPS) is 17.8. The first-order valence-corrected chi connectivity index (χ1v) is 10.5. The van der Waals surface area contributed by atoms with Crippen LogP contribution in [-0.2, 0) is 22.4 Å². The molecule has 6 nitrogen and oxygen atoms in total. The molecule has 7 heteroatoms. The molecule has 0 saturated carbocycles. The zero-order valence-electron chi connectivity index (χ0n) is 18.4. The Morgan fingerprint density at radius 2 is 1.09 bits per heavy atom. The molecule has 0 N–H and O–H groups in total. The number of rotatable bonds is 2. The fraction of sp³-hybridized carbons (Fsp3) is 0.0769. The maximum absolute atomic E-state index is 4.35. The maximum atomic E-state index is 4.35. The summed E-state index contributed by atoms with van der Waals surface area (Å²) in [6.07, 6.45) is 20.1. The molecule has 0 spiro atoms. The molecule has 1 radical (unpaired) electrons. The minimum atomic E-state index is 0. The Balaban J connectivity index is 0.000000152. The van der Waals surface area contributed by atoms with Gasteiger partial charge in [-0.3, -0.25) is 0 Å². The molecule has 0 atom stereocenters. The van der Waals surface area contributed by atoms with E-state index < -0.39 is 0 Å². The van der Waals surface area contributed by atoms with Gasteiger partial charge in [-0.25, -0.2) is 9.97 Å². The van der Waals surface area contributed by atoms with Crippen LogP contribution in [0, 0.1) is 13.3 Å². The van der Waals surface area contributed by atoms with Crippen LogP contribution in [-0.4, -0.2) is 19.8 Å². The van der Waals surface area contributed by atoms with E-state index in [1.165, 1.54) is 22.8 Å². The molecular formula is C26H24AuN6-2. The number of fused-ring (bicyclic) bond motifs is 2. The molecule has 0 aliphatic carbocycles. The van der Waals surface area contributed by atoms with Crippen LogP contribution in [0.1, 0.15) is 13.8 Å². The molecule has 6 rings (SSSR count). The van der Waals surface area contributed by atoms with Gasteiger partial charge < -0.3 is 19.6 Å². The molecule has 2 aromatic rings. The van der Waals surface area contributed by atoms with Gasteiger partial charge in [0.1, 0.15) is 11.6 Å². The molecule has 6 heterocycles. The molecule has 171 valence electrons. The second-order valence-electron chi connectivity index (χ2n) is 7.50. The van der Waals surface area contributed by atoms with Gasteiger partial charge in [-0.15, -0.1) is 13.3 Å². The molecule has 4 aliphatic heterocycles. The predicted molar refractivity (Wildman–Crippen MR) is 128 cm³/mol.